The van der Waals surface area contributed by atoms with E-state index in [-0.39, 0.29) is 12.5 Å². The lowest BCUT2D eigenvalue weighted by Crippen LogP contribution is -2.57. The summed E-state index contributed by atoms with van der Waals surface area (Å²) >= 11 is 0. The summed E-state index contributed by atoms with van der Waals surface area (Å²) in [6, 6.07) is 4.08. The molecule has 10 nitrogen and oxygen atoms in total. The van der Waals surface area contributed by atoms with Crippen LogP contribution in [0.5, 0.6) is 0 Å². The van der Waals surface area contributed by atoms with Crippen LogP contribution < -0.4 is 5.32 Å². The number of nitrogens with one attached hydrogen (secondary N) is 1. The number of benzene rings is 1. The average molecular weight is 490 g/mol. The molecule has 1 fully saturated rings. The molecular formula is C25H35N3O7. The lowest BCUT2D eigenvalue weighted by Gasteiger charge is -2.35. The molecule has 1 aromatic rings. The van der Waals surface area contributed by atoms with Crippen molar-refractivity contribution in [3.63, 3.8) is 0 Å². The van der Waals surface area contributed by atoms with Gasteiger partial charge in [0.1, 0.15) is 17.7 Å². The first-order chi connectivity index (χ1) is 16.4. The van der Waals surface area contributed by atoms with E-state index in [0.29, 0.717) is 31.6 Å². The van der Waals surface area contributed by atoms with E-state index in [0.717, 1.165) is 5.56 Å². The van der Waals surface area contributed by atoms with Gasteiger partial charge in [0, 0.05) is 26.8 Å². The summed E-state index contributed by atoms with van der Waals surface area (Å²) in [7, 11) is 1.46. The van der Waals surface area contributed by atoms with Gasteiger partial charge in [0.15, 0.2) is 6.04 Å². The second-order valence-corrected chi connectivity index (χ2v) is 10.1. The second-order valence-electron chi connectivity index (χ2n) is 10.1. The van der Waals surface area contributed by atoms with Crippen LogP contribution in [0.25, 0.3) is 0 Å². The van der Waals surface area contributed by atoms with Crippen LogP contribution in [0, 0.1) is 5.92 Å². The van der Waals surface area contributed by atoms with Crippen LogP contribution in [-0.2, 0) is 30.4 Å². The maximum atomic E-state index is 13.8. The number of likely N-dealkylation sites (N-methyl/N-ethyl adjacent to an activating group) is 1. The molecule has 0 spiro atoms. The predicted octanol–water partition coefficient (Wildman–Crippen LogP) is 2.32. The third-order valence-corrected chi connectivity index (χ3v) is 6.46. The minimum Gasteiger partial charge on any atom is -0.479 e. The minimum absolute atomic E-state index is 0.148. The van der Waals surface area contributed by atoms with Gasteiger partial charge in [-0.1, -0.05) is 24.3 Å². The molecule has 0 radical (unpaired) electrons. The molecule has 3 atom stereocenters. The quantitative estimate of drug-likeness (QED) is 0.628. The number of carbonyl (C=O) groups is 4. The molecule has 192 valence electrons. The number of carboxylic acids is 1. The number of hydrogen-bond donors (Lipinski definition) is 2. The first kappa shape index (κ1) is 26.5. The van der Waals surface area contributed by atoms with Crippen molar-refractivity contribution in [3.05, 3.63) is 35.4 Å². The summed E-state index contributed by atoms with van der Waals surface area (Å²) in [6.45, 7) is 7.79. The summed E-state index contributed by atoms with van der Waals surface area (Å²) < 4.78 is 10.8. The lowest BCUT2D eigenvalue weighted by atomic mass is 9.90. The van der Waals surface area contributed by atoms with Gasteiger partial charge in [-0.25, -0.2) is 9.59 Å². The largest absolute Gasteiger partial charge is 0.479 e. The third kappa shape index (κ3) is 6.11. The van der Waals surface area contributed by atoms with Gasteiger partial charge in [0.2, 0.25) is 11.8 Å². The van der Waals surface area contributed by atoms with Gasteiger partial charge in [-0.15, -0.1) is 0 Å². The van der Waals surface area contributed by atoms with Crippen LogP contribution in [0.1, 0.15) is 57.7 Å². The Morgan fingerprint density at radius 3 is 2.40 bits per heavy atom. The highest BCUT2D eigenvalue weighted by Gasteiger charge is 2.44. The number of rotatable bonds is 6. The van der Waals surface area contributed by atoms with Gasteiger partial charge in [-0.2, -0.15) is 0 Å². The first-order valence-corrected chi connectivity index (χ1v) is 11.9. The monoisotopic (exact) mass is 489 g/mol. The smallest absolute Gasteiger partial charge is 0.410 e. The SMILES string of the molecule is C[C@@H](C(=O)NC(C(=O)N1Cc2ccccc2C1C(=O)O)C1CCOCC1)N(C)C(=O)OC(C)(C)C. The number of nitrogens with zero attached hydrogens (tertiary/aromatic N) is 2. The van der Waals surface area contributed by atoms with Crippen molar-refractivity contribution in [2.75, 3.05) is 20.3 Å². The molecule has 1 saturated heterocycles. The highest BCUT2D eigenvalue weighted by molar-refractivity contribution is 5.94. The van der Waals surface area contributed by atoms with Crippen molar-refractivity contribution in [1.82, 2.24) is 15.1 Å². The number of ether oxygens (including phenoxy) is 2. The van der Waals surface area contributed by atoms with E-state index in [4.69, 9.17) is 9.47 Å². The summed E-state index contributed by atoms with van der Waals surface area (Å²) in [4.78, 5) is 54.0. The molecule has 3 rings (SSSR count). The third-order valence-electron chi connectivity index (χ3n) is 6.46. The molecule has 0 aromatic heterocycles. The molecule has 2 aliphatic rings. The van der Waals surface area contributed by atoms with E-state index in [1.807, 2.05) is 0 Å². The zero-order chi connectivity index (χ0) is 25.9. The maximum absolute atomic E-state index is 13.8. The molecule has 10 heteroatoms. The number of carbonyl (C=O) groups excluding carboxylic acids is 3. The van der Waals surface area contributed by atoms with Crippen LogP contribution >= 0.6 is 0 Å². The fourth-order valence-electron chi connectivity index (χ4n) is 4.41. The van der Waals surface area contributed by atoms with E-state index < -0.39 is 47.6 Å². The second kappa shape index (κ2) is 10.6. The average Bonchev–Trinajstić information content (AvgIpc) is 3.20. The topological polar surface area (TPSA) is 125 Å². The summed E-state index contributed by atoms with van der Waals surface area (Å²) in [5.74, 6) is -2.33. The maximum Gasteiger partial charge on any atom is 0.410 e. The fourth-order valence-corrected chi connectivity index (χ4v) is 4.41. The first-order valence-electron chi connectivity index (χ1n) is 11.9. The number of aliphatic carboxylic acids is 1. The van der Waals surface area contributed by atoms with Gasteiger partial charge >= 0.3 is 12.1 Å². The normalized spacial score (nSPS) is 19.9. The highest BCUT2D eigenvalue weighted by atomic mass is 16.6. The van der Waals surface area contributed by atoms with Crippen molar-refractivity contribution < 1.29 is 33.8 Å². The van der Waals surface area contributed by atoms with Gasteiger partial charge in [-0.05, 0) is 57.6 Å². The Labute approximate surface area is 205 Å². The molecule has 2 N–H and O–H groups in total. The molecule has 3 amide bonds. The van der Waals surface area contributed by atoms with Crippen molar-refractivity contribution in [2.45, 2.75) is 70.8 Å². The van der Waals surface area contributed by atoms with Crippen molar-refractivity contribution in [1.29, 1.82) is 0 Å². The molecule has 1 aromatic carbocycles. The molecule has 0 aliphatic carbocycles. The summed E-state index contributed by atoms with van der Waals surface area (Å²) in [5.41, 5.74) is 0.616. The van der Waals surface area contributed by atoms with Crippen molar-refractivity contribution >= 4 is 23.9 Å². The van der Waals surface area contributed by atoms with E-state index in [9.17, 15) is 24.3 Å². The molecular weight excluding hydrogens is 454 g/mol. The van der Waals surface area contributed by atoms with Crippen LogP contribution in [-0.4, -0.2) is 76.7 Å². The van der Waals surface area contributed by atoms with E-state index in [1.54, 1.807) is 52.0 Å². The number of fused-ring (bicyclic) bond motifs is 1. The fraction of sp³-hybridized carbons (Fsp3) is 0.600. The molecule has 2 aliphatic heterocycles. The van der Waals surface area contributed by atoms with Crippen LogP contribution in [0.4, 0.5) is 4.79 Å². The molecule has 35 heavy (non-hydrogen) atoms. The predicted molar refractivity (Wildman–Crippen MR) is 126 cm³/mol. The van der Waals surface area contributed by atoms with Gasteiger partial charge < -0.3 is 24.8 Å². The Morgan fingerprint density at radius 1 is 1.17 bits per heavy atom. The highest BCUT2D eigenvalue weighted by Crippen LogP contribution is 2.35. The summed E-state index contributed by atoms with van der Waals surface area (Å²) in [5, 5.41) is 12.7. The Kier molecular flexibility index (Phi) is 8.04. The van der Waals surface area contributed by atoms with Crippen LogP contribution in [0.15, 0.2) is 24.3 Å². The van der Waals surface area contributed by atoms with E-state index >= 15 is 0 Å². The Hall–Kier alpha value is -3.14. The molecule has 0 saturated carbocycles. The van der Waals surface area contributed by atoms with Crippen LogP contribution in [0.2, 0.25) is 0 Å². The number of carboxylic acid groups (broad SMARTS) is 1. The van der Waals surface area contributed by atoms with Crippen LogP contribution in [0.3, 0.4) is 0 Å². The molecule has 0 bridgehead atoms. The van der Waals surface area contributed by atoms with E-state index in [1.165, 1.54) is 16.8 Å². The van der Waals surface area contributed by atoms with Crippen molar-refractivity contribution in [2.24, 2.45) is 5.92 Å². The zero-order valence-corrected chi connectivity index (χ0v) is 20.9. The van der Waals surface area contributed by atoms with E-state index in [2.05, 4.69) is 5.32 Å². The minimum atomic E-state index is -1.13. The Morgan fingerprint density at radius 2 is 1.80 bits per heavy atom. The van der Waals surface area contributed by atoms with Gasteiger partial charge in [0.05, 0.1) is 0 Å². The summed E-state index contributed by atoms with van der Waals surface area (Å²) in [6.07, 6.45) is 0.437. The number of hydrogen-bond acceptors (Lipinski definition) is 6. The van der Waals surface area contributed by atoms with Gasteiger partial charge in [-0.3, -0.25) is 14.5 Å². The zero-order valence-electron chi connectivity index (χ0n) is 20.9. The Bertz CT molecular complexity index is 968. The number of amides is 3. The van der Waals surface area contributed by atoms with Gasteiger partial charge in [0.25, 0.3) is 0 Å². The van der Waals surface area contributed by atoms with Crippen molar-refractivity contribution in [3.8, 4) is 0 Å². The standard InChI is InChI=1S/C25H35N3O7/c1-15(27(5)24(33)35-25(2,3)4)21(29)26-19(16-10-12-34-13-11-16)22(30)28-14-17-8-6-7-9-18(17)20(28)23(31)32/h6-9,15-16,19-20H,10-14H2,1-5H3,(H,26,29)(H,31,32)/t15-,19?,20?/m0/s1. The molecule has 2 heterocycles. The Balaban J connectivity index is 1.82. The lowest BCUT2D eigenvalue weighted by molar-refractivity contribution is -0.152. The molecule has 2 unspecified atom stereocenters.